The summed E-state index contributed by atoms with van der Waals surface area (Å²) in [7, 11) is 0. The quantitative estimate of drug-likeness (QED) is 0.530. The SMILES string of the molecule is Cc1cccc(N(O)C(=O)CCC(N)=O)c1O. The molecule has 4 N–H and O–H groups in total. The Hall–Kier alpha value is -2.08. The Morgan fingerprint density at radius 3 is 2.59 bits per heavy atom. The molecular formula is C11H14N2O4. The van der Waals surface area contributed by atoms with Crippen LogP contribution in [-0.2, 0) is 9.59 Å². The van der Waals surface area contributed by atoms with Gasteiger partial charge < -0.3 is 10.8 Å². The molecule has 0 saturated carbocycles. The molecule has 0 atom stereocenters. The normalized spacial score (nSPS) is 10.0. The topological polar surface area (TPSA) is 104 Å². The molecule has 6 nitrogen and oxygen atoms in total. The predicted molar refractivity (Wildman–Crippen MR) is 60.5 cm³/mol. The zero-order valence-electron chi connectivity index (χ0n) is 9.38. The molecule has 0 aliphatic heterocycles. The van der Waals surface area contributed by atoms with Crippen LogP contribution in [0.25, 0.3) is 0 Å². The Balaban J connectivity index is 2.81. The first-order valence-electron chi connectivity index (χ1n) is 5.02. The minimum atomic E-state index is -0.704. The average Bonchev–Trinajstić information content (AvgIpc) is 2.28. The Labute approximate surface area is 98.2 Å². The van der Waals surface area contributed by atoms with Crippen LogP contribution >= 0.6 is 0 Å². The number of nitrogens with two attached hydrogens (primary N) is 1. The van der Waals surface area contributed by atoms with E-state index in [2.05, 4.69) is 0 Å². The van der Waals surface area contributed by atoms with Crippen LogP contribution in [-0.4, -0.2) is 22.1 Å². The fraction of sp³-hybridized carbons (Fsp3) is 0.273. The van der Waals surface area contributed by atoms with Crippen molar-refractivity contribution in [3.8, 4) is 5.75 Å². The number of phenolic OH excluding ortho intramolecular Hbond substituents is 1. The Kier molecular flexibility index (Phi) is 4.06. The number of anilines is 1. The number of benzene rings is 1. The Morgan fingerprint density at radius 1 is 1.35 bits per heavy atom. The number of hydrogen-bond donors (Lipinski definition) is 3. The van der Waals surface area contributed by atoms with Crippen molar-refractivity contribution in [1.82, 2.24) is 0 Å². The maximum absolute atomic E-state index is 11.5. The zero-order valence-corrected chi connectivity index (χ0v) is 9.38. The lowest BCUT2D eigenvalue weighted by Gasteiger charge is -2.16. The van der Waals surface area contributed by atoms with Crippen LogP contribution in [0.2, 0.25) is 0 Å². The summed E-state index contributed by atoms with van der Waals surface area (Å²) in [6, 6.07) is 4.63. The van der Waals surface area contributed by atoms with Crippen LogP contribution in [0.5, 0.6) is 5.75 Å². The van der Waals surface area contributed by atoms with Crippen molar-refractivity contribution in [2.24, 2.45) is 5.73 Å². The van der Waals surface area contributed by atoms with E-state index in [0.29, 0.717) is 10.6 Å². The number of hydrogen-bond acceptors (Lipinski definition) is 4. The third-order valence-electron chi connectivity index (χ3n) is 2.27. The van der Waals surface area contributed by atoms with E-state index < -0.39 is 11.8 Å². The van der Waals surface area contributed by atoms with Gasteiger partial charge in [-0.3, -0.25) is 14.8 Å². The largest absolute Gasteiger partial charge is 0.505 e. The van der Waals surface area contributed by atoms with Gasteiger partial charge in [0.25, 0.3) is 5.91 Å². The molecule has 0 aliphatic rings. The average molecular weight is 238 g/mol. The molecule has 0 aromatic heterocycles. The highest BCUT2D eigenvalue weighted by atomic mass is 16.5. The van der Waals surface area contributed by atoms with Gasteiger partial charge in [-0.15, -0.1) is 0 Å². The van der Waals surface area contributed by atoms with Gasteiger partial charge in [0.1, 0.15) is 11.4 Å². The number of primary amides is 1. The minimum absolute atomic E-state index is 0.0144. The number of aromatic hydroxyl groups is 1. The third-order valence-corrected chi connectivity index (χ3v) is 2.27. The van der Waals surface area contributed by atoms with E-state index in [1.165, 1.54) is 6.07 Å². The molecule has 1 aromatic rings. The molecule has 1 rings (SSSR count). The number of rotatable bonds is 4. The van der Waals surface area contributed by atoms with Gasteiger partial charge in [0, 0.05) is 12.8 Å². The highest BCUT2D eigenvalue weighted by Crippen LogP contribution is 2.29. The number of aryl methyl sites for hydroxylation is 1. The molecule has 0 aliphatic carbocycles. The summed E-state index contributed by atoms with van der Waals surface area (Å²) in [6.45, 7) is 1.64. The molecule has 0 bridgehead atoms. The van der Waals surface area contributed by atoms with E-state index in [9.17, 15) is 19.9 Å². The molecule has 1 aromatic carbocycles. The molecule has 0 heterocycles. The molecule has 17 heavy (non-hydrogen) atoms. The number of hydroxylamine groups is 1. The number of carbonyl (C=O) groups is 2. The maximum Gasteiger partial charge on any atom is 0.251 e. The summed E-state index contributed by atoms with van der Waals surface area (Å²) in [6.07, 6.45) is -0.359. The molecule has 92 valence electrons. The molecule has 2 amide bonds. The van der Waals surface area contributed by atoms with Crippen molar-refractivity contribution in [3.05, 3.63) is 23.8 Å². The van der Waals surface area contributed by atoms with Gasteiger partial charge in [-0.25, -0.2) is 0 Å². The highest BCUT2D eigenvalue weighted by Gasteiger charge is 2.17. The Morgan fingerprint density at radius 2 is 2.00 bits per heavy atom. The second-order valence-corrected chi connectivity index (χ2v) is 3.61. The third kappa shape index (κ3) is 3.18. The molecule has 0 fully saturated rings. The van der Waals surface area contributed by atoms with Crippen LogP contribution in [0.3, 0.4) is 0 Å². The van der Waals surface area contributed by atoms with Crippen molar-refractivity contribution in [2.75, 3.05) is 5.06 Å². The molecule has 6 heteroatoms. The van der Waals surface area contributed by atoms with E-state index in [-0.39, 0.29) is 24.3 Å². The van der Waals surface area contributed by atoms with Crippen molar-refractivity contribution in [3.63, 3.8) is 0 Å². The van der Waals surface area contributed by atoms with Gasteiger partial charge in [-0.05, 0) is 18.6 Å². The van der Waals surface area contributed by atoms with E-state index in [1.807, 2.05) is 0 Å². The van der Waals surface area contributed by atoms with E-state index >= 15 is 0 Å². The first-order valence-corrected chi connectivity index (χ1v) is 5.02. The summed E-state index contributed by atoms with van der Waals surface area (Å²) >= 11 is 0. The van der Waals surface area contributed by atoms with Gasteiger partial charge in [-0.1, -0.05) is 12.1 Å². The lowest BCUT2D eigenvalue weighted by atomic mass is 10.2. The molecule has 0 saturated heterocycles. The molecular weight excluding hydrogens is 224 g/mol. The number of nitrogens with zero attached hydrogens (tertiary/aromatic N) is 1. The number of carbonyl (C=O) groups excluding carboxylic acids is 2. The lowest BCUT2D eigenvalue weighted by molar-refractivity contribution is -0.126. The fourth-order valence-electron chi connectivity index (χ4n) is 1.28. The van der Waals surface area contributed by atoms with Crippen LogP contribution in [0.1, 0.15) is 18.4 Å². The standard InChI is InChI=1S/C11H14N2O4/c1-7-3-2-4-8(11(7)16)13(17)10(15)6-5-9(12)14/h2-4,16-17H,5-6H2,1H3,(H2,12,14). The summed E-state index contributed by atoms with van der Waals surface area (Å²) in [5.74, 6) is -1.51. The van der Waals surface area contributed by atoms with Crippen LogP contribution in [0.4, 0.5) is 5.69 Å². The van der Waals surface area contributed by atoms with E-state index in [1.54, 1.807) is 19.1 Å². The first kappa shape index (κ1) is 13.0. The second-order valence-electron chi connectivity index (χ2n) is 3.61. The molecule has 0 spiro atoms. The van der Waals surface area contributed by atoms with Crippen molar-refractivity contribution in [1.29, 1.82) is 0 Å². The van der Waals surface area contributed by atoms with Crippen LogP contribution in [0.15, 0.2) is 18.2 Å². The van der Waals surface area contributed by atoms with E-state index in [4.69, 9.17) is 5.73 Å². The summed E-state index contributed by atoms with van der Waals surface area (Å²) in [5, 5.41) is 19.6. The van der Waals surface area contributed by atoms with Gasteiger partial charge in [0.2, 0.25) is 5.91 Å². The van der Waals surface area contributed by atoms with Gasteiger partial charge in [-0.2, -0.15) is 5.06 Å². The van der Waals surface area contributed by atoms with Gasteiger partial charge in [0.15, 0.2) is 0 Å². The molecule has 0 unspecified atom stereocenters. The Bertz CT molecular complexity index is 445. The van der Waals surface area contributed by atoms with Crippen LogP contribution in [0, 0.1) is 6.92 Å². The predicted octanol–water partition coefficient (Wildman–Crippen LogP) is 0.688. The first-order chi connectivity index (χ1) is 7.93. The number of phenols is 1. The van der Waals surface area contributed by atoms with Gasteiger partial charge in [0.05, 0.1) is 0 Å². The van der Waals surface area contributed by atoms with Gasteiger partial charge >= 0.3 is 0 Å². The summed E-state index contributed by atoms with van der Waals surface area (Å²) < 4.78 is 0. The van der Waals surface area contributed by atoms with Crippen molar-refractivity contribution in [2.45, 2.75) is 19.8 Å². The second kappa shape index (κ2) is 5.31. The van der Waals surface area contributed by atoms with Crippen LogP contribution < -0.4 is 10.8 Å². The zero-order chi connectivity index (χ0) is 13.0. The summed E-state index contributed by atoms with van der Waals surface area (Å²) in [4.78, 5) is 22.0. The summed E-state index contributed by atoms with van der Waals surface area (Å²) in [5.41, 5.74) is 5.41. The number of amides is 2. The van der Waals surface area contributed by atoms with Crippen molar-refractivity contribution >= 4 is 17.5 Å². The lowest BCUT2D eigenvalue weighted by Crippen LogP contribution is -2.28. The minimum Gasteiger partial charge on any atom is -0.505 e. The van der Waals surface area contributed by atoms with E-state index in [0.717, 1.165) is 0 Å². The van der Waals surface area contributed by atoms with Crippen molar-refractivity contribution < 1.29 is 19.9 Å². The maximum atomic E-state index is 11.5. The number of para-hydroxylation sites is 1. The monoisotopic (exact) mass is 238 g/mol. The fourth-order valence-corrected chi connectivity index (χ4v) is 1.28. The smallest absolute Gasteiger partial charge is 0.251 e. The highest BCUT2D eigenvalue weighted by molar-refractivity contribution is 5.94. The molecule has 0 radical (unpaired) electrons.